The number of carbonyl (C=O) groups excluding carboxylic acids is 1. The van der Waals surface area contributed by atoms with Crippen molar-refractivity contribution in [2.24, 2.45) is 0 Å². The topological polar surface area (TPSA) is 54.9 Å². The number of carbonyl (C=O) groups is 1. The number of hydrogen-bond acceptors (Lipinski definition) is 3. The molecule has 104 valence electrons. The third kappa shape index (κ3) is 2.82. The van der Waals surface area contributed by atoms with Gasteiger partial charge in [0.25, 0.3) is 5.91 Å². The average Bonchev–Trinajstić information content (AvgIpc) is 2.51. The summed E-state index contributed by atoms with van der Waals surface area (Å²) in [5.41, 5.74) is 2.03. The lowest BCUT2D eigenvalue weighted by Crippen LogP contribution is -2.14. The van der Waals surface area contributed by atoms with E-state index >= 15 is 0 Å². The van der Waals surface area contributed by atoms with Crippen molar-refractivity contribution < 1.29 is 4.79 Å². The first kappa shape index (κ1) is 13.8. The highest BCUT2D eigenvalue weighted by molar-refractivity contribution is 6.44. The molecular weight excluding hydrogens is 309 g/mol. The van der Waals surface area contributed by atoms with Crippen LogP contribution in [0.2, 0.25) is 10.0 Å². The van der Waals surface area contributed by atoms with Crippen LogP contribution < -0.4 is 5.32 Å². The molecule has 3 rings (SSSR count). The van der Waals surface area contributed by atoms with Crippen LogP contribution in [-0.4, -0.2) is 15.9 Å². The van der Waals surface area contributed by atoms with Crippen molar-refractivity contribution in [3.63, 3.8) is 0 Å². The monoisotopic (exact) mass is 317 g/mol. The number of halogens is 2. The molecule has 1 amide bonds. The second-order valence-corrected chi connectivity index (χ2v) is 5.08. The van der Waals surface area contributed by atoms with Gasteiger partial charge in [-0.2, -0.15) is 0 Å². The first-order valence-corrected chi connectivity index (χ1v) is 6.88. The van der Waals surface area contributed by atoms with Crippen LogP contribution in [0.1, 0.15) is 10.5 Å². The van der Waals surface area contributed by atoms with Crippen molar-refractivity contribution in [3.05, 3.63) is 64.4 Å². The first-order valence-electron chi connectivity index (χ1n) is 6.12. The van der Waals surface area contributed by atoms with Crippen LogP contribution in [0.25, 0.3) is 11.0 Å². The largest absolute Gasteiger partial charge is 0.319 e. The third-order valence-corrected chi connectivity index (χ3v) is 3.70. The van der Waals surface area contributed by atoms with Gasteiger partial charge in [-0.25, -0.2) is 4.98 Å². The maximum atomic E-state index is 12.2. The fraction of sp³-hybridized carbons (Fsp3) is 0. The lowest BCUT2D eigenvalue weighted by molar-refractivity contribution is 0.102. The van der Waals surface area contributed by atoms with Crippen molar-refractivity contribution in [1.82, 2.24) is 9.97 Å². The Morgan fingerprint density at radius 3 is 2.57 bits per heavy atom. The Morgan fingerprint density at radius 1 is 1.00 bits per heavy atom. The number of hydrogen-bond donors (Lipinski definition) is 1. The fourth-order valence-electron chi connectivity index (χ4n) is 1.85. The smallest absolute Gasteiger partial charge is 0.275 e. The number of rotatable bonds is 2. The zero-order chi connectivity index (χ0) is 14.8. The summed E-state index contributed by atoms with van der Waals surface area (Å²) in [5, 5.41) is 3.34. The van der Waals surface area contributed by atoms with Gasteiger partial charge in [-0.05, 0) is 24.3 Å². The molecule has 6 heteroatoms. The maximum Gasteiger partial charge on any atom is 0.275 e. The Hall–Kier alpha value is -2.17. The van der Waals surface area contributed by atoms with Crippen LogP contribution in [0, 0.1) is 0 Å². The van der Waals surface area contributed by atoms with Gasteiger partial charge in [0.2, 0.25) is 0 Å². The molecule has 0 radical (unpaired) electrons. The first-order chi connectivity index (χ1) is 10.1. The molecular formula is C15H9Cl2N3O. The number of benzene rings is 2. The summed E-state index contributed by atoms with van der Waals surface area (Å²) >= 11 is 11.9. The number of anilines is 1. The SMILES string of the molecule is O=C(Nc1cccc(Cl)c1Cl)c1cnc2ccccc2n1. The van der Waals surface area contributed by atoms with Gasteiger partial charge >= 0.3 is 0 Å². The summed E-state index contributed by atoms with van der Waals surface area (Å²) in [5.74, 6) is -0.391. The van der Waals surface area contributed by atoms with Crippen LogP contribution >= 0.6 is 23.2 Å². The molecule has 0 fully saturated rings. The van der Waals surface area contributed by atoms with Crippen LogP contribution in [0.5, 0.6) is 0 Å². The van der Waals surface area contributed by atoms with Gasteiger partial charge in [-0.15, -0.1) is 0 Å². The molecule has 0 aliphatic rings. The summed E-state index contributed by atoms with van der Waals surface area (Å²) in [6, 6.07) is 12.4. The molecule has 0 aliphatic heterocycles. The lowest BCUT2D eigenvalue weighted by Gasteiger charge is -2.08. The van der Waals surface area contributed by atoms with Gasteiger partial charge in [0.1, 0.15) is 5.69 Å². The van der Waals surface area contributed by atoms with E-state index in [1.165, 1.54) is 6.20 Å². The predicted octanol–water partition coefficient (Wildman–Crippen LogP) is 4.19. The van der Waals surface area contributed by atoms with E-state index in [4.69, 9.17) is 23.2 Å². The highest BCUT2D eigenvalue weighted by atomic mass is 35.5. The van der Waals surface area contributed by atoms with Crippen molar-refractivity contribution >= 4 is 45.8 Å². The molecule has 1 heterocycles. The van der Waals surface area contributed by atoms with Gasteiger partial charge in [0.05, 0.1) is 33.0 Å². The van der Waals surface area contributed by atoms with E-state index in [0.29, 0.717) is 21.2 Å². The van der Waals surface area contributed by atoms with Crippen molar-refractivity contribution in [2.45, 2.75) is 0 Å². The van der Waals surface area contributed by atoms with Crippen LogP contribution in [0.3, 0.4) is 0 Å². The number of amides is 1. The van der Waals surface area contributed by atoms with Gasteiger partial charge in [-0.3, -0.25) is 9.78 Å². The third-order valence-electron chi connectivity index (χ3n) is 2.88. The van der Waals surface area contributed by atoms with E-state index in [1.54, 1.807) is 24.3 Å². The summed E-state index contributed by atoms with van der Waals surface area (Å²) in [7, 11) is 0. The second kappa shape index (κ2) is 5.68. The Morgan fingerprint density at radius 2 is 1.76 bits per heavy atom. The number of aromatic nitrogens is 2. The zero-order valence-corrected chi connectivity index (χ0v) is 12.2. The number of para-hydroxylation sites is 2. The molecule has 0 spiro atoms. The minimum Gasteiger partial charge on any atom is -0.319 e. The molecule has 3 aromatic rings. The Kier molecular flexibility index (Phi) is 3.73. The minimum atomic E-state index is -0.391. The summed E-state index contributed by atoms with van der Waals surface area (Å²) < 4.78 is 0. The number of nitrogens with zero attached hydrogens (tertiary/aromatic N) is 2. The van der Waals surface area contributed by atoms with Gasteiger partial charge in [0.15, 0.2) is 0 Å². The van der Waals surface area contributed by atoms with Gasteiger partial charge in [0, 0.05) is 0 Å². The summed E-state index contributed by atoms with van der Waals surface area (Å²) in [6.07, 6.45) is 1.43. The molecule has 0 unspecified atom stereocenters. The molecule has 0 saturated carbocycles. The Bertz CT molecular complexity index is 836. The number of fused-ring (bicyclic) bond motifs is 1. The average molecular weight is 318 g/mol. The second-order valence-electron chi connectivity index (χ2n) is 4.30. The van der Waals surface area contributed by atoms with Gasteiger partial charge in [-0.1, -0.05) is 41.4 Å². The molecule has 2 aromatic carbocycles. The Labute approximate surface area is 130 Å². The van der Waals surface area contributed by atoms with Crippen molar-refractivity contribution in [1.29, 1.82) is 0 Å². The molecule has 1 aromatic heterocycles. The van der Waals surface area contributed by atoms with Gasteiger partial charge < -0.3 is 5.32 Å². The molecule has 0 atom stereocenters. The highest BCUT2D eigenvalue weighted by Crippen LogP contribution is 2.29. The zero-order valence-electron chi connectivity index (χ0n) is 10.7. The molecule has 0 bridgehead atoms. The van der Waals surface area contributed by atoms with Crippen LogP contribution in [0.15, 0.2) is 48.7 Å². The van der Waals surface area contributed by atoms with E-state index < -0.39 is 5.91 Å². The van der Waals surface area contributed by atoms with Crippen molar-refractivity contribution in [2.75, 3.05) is 5.32 Å². The normalized spacial score (nSPS) is 10.6. The van der Waals surface area contributed by atoms with E-state index in [9.17, 15) is 4.79 Å². The lowest BCUT2D eigenvalue weighted by atomic mass is 10.2. The quantitative estimate of drug-likeness (QED) is 0.771. The Balaban J connectivity index is 1.91. The molecule has 1 N–H and O–H groups in total. The van der Waals surface area contributed by atoms with Crippen molar-refractivity contribution in [3.8, 4) is 0 Å². The van der Waals surface area contributed by atoms with E-state index in [0.717, 1.165) is 5.52 Å². The summed E-state index contributed by atoms with van der Waals surface area (Å²) in [4.78, 5) is 20.7. The fourth-order valence-corrected chi connectivity index (χ4v) is 2.20. The highest BCUT2D eigenvalue weighted by Gasteiger charge is 2.12. The molecule has 21 heavy (non-hydrogen) atoms. The van der Waals surface area contributed by atoms with E-state index in [2.05, 4.69) is 15.3 Å². The molecule has 0 aliphatic carbocycles. The number of nitrogens with one attached hydrogen (secondary N) is 1. The standard InChI is InChI=1S/C15H9Cl2N3O/c16-9-4-3-7-12(14(9)17)20-15(21)13-8-18-10-5-1-2-6-11(10)19-13/h1-8H,(H,20,21). The minimum absolute atomic E-state index is 0.213. The van der Waals surface area contributed by atoms with E-state index in [1.807, 2.05) is 18.2 Å². The van der Waals surface area contributed by atoms with Crippen LogP contribution in [0.4, 0.5) is 5.69 Å². The maximum absolute atomic E-state index is 12.2. The molecule has 4 nitrogen and oxygen atoms in total. The van der Waals surface area contributed by atoms with Crippen LogP contribution in [-0.2, 0) is 0 Å². The molecule has 0 saturated heterocycles. The predicted molar refractivity (Wildman–Crippen MR) is 84.0 cm³/mol. The summed E-state index contributed by atoms with van der Waals surface area (Å²) in [6.45, 7) is 0. The van der Waals surface area contributed by atoms with E-state index in [-0.39, 0.29) is 5.69 Å².